The third-order valence-corrected chi connectivity index (χ3v) is 11.2. The van der Waals surface area contributed by atoms with E-state index in [4.69, 9.17) is 4.84 Å². The summed E-state index contributed by atoms with van der Waals surface area (Å²) in [5.74, 6) is -1.43. The quantitative estimate of drug-likeness (QED) is 0.250. The number of aromatic nitrogens is 3. The van der Waals surface area contributed by atoms with Crippen molar-refractivity contribution in [1.29, 1.82) is 0 Å². The Hall–Kier alpha value is -3.54. The molecule has 2 unspecified atom stereocenters. The van der Waals surface area contributed by atoms with Gasteiger partial charge in [0.05, 0.1) is 31.7 Å². The Morgan fingerprint density at radius 2 is 1.85 bits per heavy atom. The van der Waals surface area contributed by atoms with Gasteiger partial charge < -0.3 is 9.74 Å². The number of amides is 1. The highest BCUT2D eigenvalue weighted by Crippen LogP contribution is 2.39. The molecular formula is C28H29F7N6O3S2. The van der Waals surface area contributed by atoms with Crippen LogP contribution in [-0.4, -0.2) is 60.1 Å². The summed E-state index contributed by atoms with van der Waals surface area (Å²) in [5, 5.41) is 9.37. The van der Waals surface area contributed by atoms with E-state index in [1.165, 1.54) is 34.6 Å². The minimum atomic E-state index is -5.12. The molecule has 18 heteroatoms. The van der Waals surface area contributed by atoms with Crippen LogP contribution in [0.1, 0.15) is 72.8 Å². The minimum Gasteiger partial charge on any atom is -0.387 e. The van der Waals surface area contributed by atoms with Gasteiger partial charge in [0.25, 0.3) is 0 Å². The molecule has 5 rings (SSSR count). The molecular weight excluding hydrogens is 665 g/mol. The number of oxime groups is 1. The van der Waals surface area contributed by atoms with Crippen LogP contribution in [0.4, 0.5) is 36.4 Å². The van der Waals surface area contributed by atoms with E-state index in [1.807, 2.05) is 0 Å². The fourth-order valence-corrected chi connectivity index (χ4v) is 6.78. The Bertz CT molecular complexity index is 1760. The maximum absolute atomic E-state index is 15.0. The number of benzene rings is 1. The first kappa shape index (κ1) is 33.8. The highest BCUT2D eigenvalue weighted by atomic mass is 32.2. The largest absolute Gasteiger partial charge is 0.435 e. The van der Waals surface area contributed by atoms with Gasteiger partial charge >= 0.3 is 12.4 Å². The van der Waals surface area contributed by atoms with E-state index in [0.29, 0.717) is 24.2 Å². The van der Waals surface area contributed by atoms with Crippen molar-refractivity contribution in [1.82, 2.24) is 19.7 Å². The highest BCUT2D eigenvalue weighted by molar-refractivity contribution is 7.93. The van der Waals surface area contributed by atoms with Crippen molar-refractivity contribution in [3.8, 4) is 0 Å². The van der Waals surface area contributed by atoms with Gasteiger partial charge in [0.1, 0.15) is 23.8 Å². The Kier molecular flexibility index (Phi) is 9.24. The normalized spacial score (nSPS) is 19.2. The molecule has 9 nitrogen and oxygen atoms in total. The van der Waals surface area contributed by atoms with Gasteiger partial charge in [-0.3, -0.25) is 9.48 Å². The monoisotopic (exact) mass is 694 g/mol. The second-order valence-corrected chi connectivity index (χ2v) is 15.0. The molecule has 1 amide bonds. The zero-order valence-electron chi connectivity index (χ0n) is 24.7. The zero-order chi connectivity index (χ0) is 33.6. The lowest BCUT2D eigenvalue weighted by Crippen LogP contribution is -2.40. The number of piperidine rings is 1. The number of halogens is 7. The van der Waals surface area contributed by atoms with Gasteiger partial charge in [-0.1, -0.05) is 25.1 Å². The Labute approximate surface area is 263 Å². The fraction of sp³-hybridized carbons (Fsp3) is 0.500. The number of likely N-dealkylation sites (tertiary alicyclic amines) is 1. The summed E-state index contributed by atoms with van der Waals surface area (Å²) in [7, 11) is -2.64. The number of carbonyl (C=O) groups is 1. The second kappa shape index (κ2) is 12.6. The average Bonchev–Trinajstić information content (AvgIpc) is 3.72. The second-order valence-electron chi connectivity index (χ2n) is 11.3. The summed E-state index contributed by atoms with van der Waals surface area (Å²) in [6, 6.07) is 4.22. The Morgan fingerprint density at radius 3 is 2.48 bits per heavy atom. The van der Waals surface area contributed by atoms with Crippen molar-refractivity contribution in [2.24, 2.45) is 9.52 Å². The van der Waals surface area contributed by atoms with Crippen LogP contribution in [0.25, 0.3) is 0 Å². The first-order valence-corrected chi connectivity index (χ1v) is 17.0. The molecule has 0 radical (unpaired) electrons. The molecule has 2 aromatic heterocycles. The molecule has 0 bridgehead atoms. The fourth-order valence-electron chi connectivity index (χ4n) is 5.02. The Morgan fingerprint density at radius 1 is 1.15 bits per heavy atom. The summed E-state index contributed by atoms with van der Waals surface area (Å²) in [4.78, 5) is 24.3. The molecule has 1 aromatic carbocycles. The number of alkyl halides is 6. The summed E-state index contributed by atoms with van der Waals surface area (Å²) in [6.45, 7) is 2.88. The van der Waals surface area contributed by atoms with Crippen LogP contribution < -0.4 is 0 Å². The number of nitrogens with zero attached hydrogens (tertiary/aromatic N) is 6. The van der Waals surface area contributed by atoms with Gasteiger partial charge in [-0.25, -0.2) is 13.6 Å². The van der Waals surface area contributed by atoms with Crippen LogP contribution in [0.3, 0.4) is 0 Å². The molecule has 1 fully saturated rings. The van der Waals surface area contributed by atoms with Crippen molar-refractivity contribution in [2.75, 3.05) is 19.3 Å². The van der Waals surface area contributed by atoms with Gasteiger partial charge in [0.2, 0.25) is 5.91 Å². The van der Waals surface area contributed by atoms with Crippen molar-refractivity contribution in [3.63, 3.8) is 0 Å². The number of hydrogen-bond acceptors (Lipinski definition) is 8. The predicted octanol–water partition coefficient (Wildman–Crippen LogP) is 6.93. The SMILES string of the molecule is CC(C)S(C)(=O)=Nc1cccc(F)c1C1CC(c2csc(C3CCN(C(=O)Cn4nc(C(F)(F)F)cc4C(F)(F)F)CC3)n2)=NO1. The molecule has 1 saturated heterocycles. The van der Waals surface area contributed by atoms with Crippen LogP contribution in [-0.2, 0) is 38.3 Å². The maximum atomic E-state index is 15.0. The molecule has 2 atom stereocenters. The zero-order valence-corrected chi connectivity index (χ0v) is 26.4. The van der Waals surface area contributed by atoms with E-state index in [1.54, 1.807) is 25.3 Å². The first-order chi connectivity index (χ1) is 21.4. The minimum absolute atomic E-state index is 0.0468. The summed E-state index contributed by atoms with van der Waals surface area (Å²) in [5.41, 5.74) is -2.00. The number of carbonyl (C=O) groups excluding carboxylic acids is 1. The van der Waals surface area contributed by atoms with E-state index in [-0.39, 0.29) is 52.7 Å². The van der Waals surface area contributed by atoms with E-state index in [9.17, 15) is 39.7 Å². The van der Waals surface area contributed by atoms with Gasteiger partial charge in [0.15, 0.2) is 11.8 Å². The van der Waals surface area contributed by atoms with E-state index in [0.717, 1.165) is 5.01 Å². The van der Waals surface area contributed by atoms with Crippen LogP contribution in [0.15, 0.2) is 39.2 Å². The van der Waals surface area contributed by atoms with E-state index in [2.05, 4.69) is 19.6 Å². The van der Waals surface area contributed by atoms with Crippen LogP contribution >= 0.6 is 11.3 Å². The van der Waals surface area contributed by atoms with Gasteiger partial charge in [-0.15, -0.1) is 11.3 Å². The van der Waals surface area contributed by atoms with Crippen molar-refractivity contribution in [3.05, 3.63) is 63.1 Å². The third-order valence-electron chi connectivity index (χ3n) is 7.84. The molecule has 250 valence electrons. The average molecular weight is 695 g/mol. The van der Waals surface area contributed by atoms with Gasteiger partial charge in [-0.05, 0) is 25.0 Å². The standard InChI is InChI=1S/C28H29F7N6O3S2/c1-15(2)46(3,43)39-18-6-4-5-17(29)25(18)21-11-19(38-44-21)20-14-45-26(36-20)16-7-9-40(10-8-16)24(42)13-41-23(28(33,34)35)12-22(37-41)27(30,31)32/h4-6,12,14-16,21H,7-11,13H2,1-3H3. The lowest BCUT2D eigenvalue weighted by atomic mass is 9.97. The molecule has 0 aliphatic carbocycles. The molecule has 2 aliphatic heterocycles. The highest BCUT2D eigenvalue weighted by Gasteiger charge is 2.42. The van der Waals surface area contributed by atoms with Crippen LogP contribution in [0.2, 0.25) is 0 Å². The number of hydrogen-bond donors (Lipinski definition) is 0. The van der Waals surface area contributed by atoms with Gasteiger partial charge in [0, 0.05) is 48.4 Å². The van der Waals surface area contributed by atoms with E-state index >= 15 is 0 Å². The maximum Gasteiger partial charge on any atom is 0.435 e. The third kappa shape index (κ3) is 7.21. The molecule has 46 heavy (non-hydrogen) atoms. The molecule has 3 aromatic rings. The molecule has 2 aliphatic rings. The van der Waals surface area contributed by atoms with Crippen molar-refractivity contribution in [2.45, 2.75) is 69.3 Å². The topological polar surface area (TPSA) is 102 Å². The summed E-state index contributed by atoms with van der Waals surface area (Å²) < 4.78 is 111. The van der Waals surface area contributed by atoms with Crippen LogP contribution in [0, 0.1) is 5.82 Å². The molecule has 0 spiro atoms. The first-order valence-electron chi connectivity index (χ1n) is 14.1. The van der Waals surface area contributed by atoms with Crippen molar-refractivity contribution >= 4 is 38.4 Å². The number of rotatable bonds is 7. The van der Waals surface area contributed by atoms with Crippen LogP contribution in [0.5, 0.6) is 0 Å². The summed E-state index contributed by atoms with van der Waals surface area (Å²) >= 11 is 1.35. The van der Waals surface area contributed by atoms with Gasteiger partial charge in [-0.2, -0.15) is 35.8 Å². The molecule has 0 N–H and O–H groups in total. The lowest BCUT2D eigenvalue weighted by molar-refractivity contribution is -0.146. The predicted molar refractivity (Wildman–Crippen MR) is 156 cm³/mol. The smallest absolute Gasteiger partial charge is 0.387 e. The lowest BCUT2D eigenvalue weighted by Gasteiger charge is -2.31. The molecule has 0 saturated carbocycles. The Balaban J connectivity index is 1.22. The van der Waals surface area contributed by atoms with E-state index < -0.39 is 57.8 Å². The van der Waals surface area contributed by atoms with Crippen molar-refractivity contribution < 1.29 is 44.6 Å². The number of thiazole rings is 1. The molecule has 4 heterocycles. The summed E-state index contributed by atoms with van der Waals surface area (Å²) in [6.07, 6.45) is -8.48.